The second kappa shape index (κ2) is 6.48. The van der Waals surface area contributed by atoms with E-state index in [9.17, 15) is 9.90 Å². The predicted octanol–water partition coefficient (Wildman–Crippen LogP) is 3.74. The molecule has 104 valence electrons. The number of para-hydroxylation sites is 1. The van der Waals surface area contributed by atoms with E-state index in [1.807, 2.05) is 32.0 Å². The predicted molar refractivity (Wildman–Crippen MR) is 83.4 cm³/mol. The van der Waals surface area contributed by atoms with Crippen molar-refractivity contribution in [3.05, 3.63) is 53.6 Å². The summed E-state index contributed by atoms with van der Waals surface area (Å²) in [5, 5.41) is 12.2. The topological polar surface area (TPSA) is 49.3 Å². The van der Waals surface area contributed by atoms with Gasteiger partial charge in [-0.2, -0.15) is 0 Å². The first-order chi connectivity index (χ1) is 9.56. The molecule has 2 aromatic rings. The molecular formula is C16H17NO2S. The number of carbonyl (C=O) groups excluding carboxylic acids is 1. The van der Waals surface area contributed by atoms with Crippen molar-refractivity contribution in [1.29, 1.82) is 0 Å². The molecule has 0 heterocycles. The average molecular weight is 287 g/mol. The zero-order valence-corrected chi connectivity index (χ0v) is 12.3. The fraction of sp³-hybridized carbons (Fsp3) is 0.188. The van der Waals surface area contributed by atoms with Crippen LogP contribution in [0.4, 0.5) is 5.69 Å². The van der Waals surface area contributed by atoms with Crippen molar-refractivity contribution in [3.8, 4) is 5.75 Å². The van der Waals surface area contributed by atoms with Crippen LogP contribution in [0.15, 0.2) is 47.4 Å². The van der Waals surface area contributed by atoms with Crippen LogP contribution in [-0.4, -0.2) is 16.8 Å². The maximum Gasteiger partial charge on any atom is 0.234 e. The summed E-state index contributed by atoms with van der Waals surface area (Å²) in [6, 6.07) is 12.8. The van der Waals surface area contributed by atoms with E-state index in [0.29, 0.717) is 5.75 Å². The van der Waals surface area contributed by atoms with E-state index in [1.54, 1.807) is 24.3 Å². The number of rotatable bonds is 4. The molecule has 0 aromatic heterocycles. The SMILES string of the molecule is Cc1cccc(C)c1NC(=O)CSc1ccc(O)cc1. The summed E-state index contributed by atoms with van der Waals surface area (Å²) in [7, 11) is 0. The summed E-state index contributed by atoms with van der Waals surface area (Å²) in [6.07, 6.45) is 0. The van der Waals surface area contributed by atoms with Gasteiger partial charge in [-0.25, -0.2) is 0 Å². The summed E-state index contributed by atoms with van der Waals surface area (Å²) >= 11 is 1.45. The lowest BCUT2D eigenvalue weighted by Crippen LogP contribution is -2.15. The first-order valence-electron chi connectivity index (χ1n) is 6.34. The molecule has 0 spiro atoms. The van der Waals surface area contributed by atoms with Crippen molar-refractivity contribution in [3.63, 3.8) is 0 Å². The number of aryl methyl sites for hydroxylation is 2. The Morgan fingerprint density at radius 3 is 2.30 bits per heavy atom. The van der Waals surface area contributed by atoms with Gasteiger partial charge in [0.2, 0.25) is 5.91 Å². The molecule has 0 aliphatic heterocycles. The molecule has 2 aromatic carbocycles. The molecule has 0 atom stereocenters. The third kappa shape index (κ3) is 3.78. The maximum atomic E-state index is 12.0. The second-order valence-corrected chi connectivity index (χ2v) is 5.65. The molecule has 2 rings (SSSR count). The van der Waals surface area contributed by atoms with Crippen molar-refractivity contribution in [2.75, 3.05) is 11.1 Å². The number of phenolic OH excluding ortho intramolecular Hbond substituents is 1. The van der Waals surface area contributed by atoms with Crippen LogP contribution in [0.5, 0.6) is 5.75 Å². The first kappa shape index (κ1) is 14.5. The third-order valence-corrected chi connectivity index (χ3v) is 3.96. The number of amides is 1. The van der Waals surface area contributed by atoms with Crippen molar-refractivity contribution < 1.29 is 9.90 Å². The lowest BCUT2D eigenvalue weighted by Gasteiger charge is -2.11. The highest BCUT2D eigenvalue weighted by Crippen LogP contribution is 2.22. The van der Waals surface area contributed by atoms with Gasteiger partial charge in [-0.15, -0.1) is 11.8 Å². The molecular weight excluding hydrogens is 270 g/mol. The number of hydrogen-bond acceptors (Lipinski definition) is 3. The molecule has 0 saturated heterocycles. The normalized spacial score (nSPS) is 10.3. The smallest absolute Gasteiger partial charge is 0.234 e. The summed E-state index contributed by atoms with van der Waals surface area (Å²) in [5.41, 5.74) is 3.02. The van der Waals surface area contributed by atoms with Gasteiger partial charge >= 0.3 is 0 Å². The quantitative estimate of drug-likeness (QED) is 0.842. The first-order valence-corrected chi connectivity index (χ1v) is 7.33. The Morgan fingerprint density at radius 2 is 1.70 bits per heavy atom. The Hall–Kier alpha value is -1.94. The van der Waals surface area contributed by atoms with Crippen LogP contribution in [0.3, 0.4) is 0 Å². The molecule has 0 saturated carbocycles. The van der Waals surface area contributed by atoms with Crippen LogP contribution in [0.2, 0.25) is 0 Å². The summed E-state index contributed by atoms with van der Waals surface area (Å²) in [6.45, 7) is 3.96. The monoisotopic (exact) mass is 287 g/mol. The van der Waals surface area contributed by atoms with Gasteiger partial charge < -0.3 is 10.4 Å². The van der Waals surface area contributed by atoms with Crippen LogP contribution in [0.25, 0.3) is 0 Å². The van der Waals surface area contributed by atoms with Gasteiger partial charge in [0.15, 0.2) is 0 Å². The fourth-order valence-electron chi connectivity index (χ4n) is 1.88. The van der Waals surface area contributed by atoms with Crippen LogP contribution in [0.1, 0.15) is 11.1 Å². The molecule has 0 aliphatic rings. The molecule has 3 nitrogen and oxygen atoms in total. The van der Waals surface area contributed by atoms with Crippen molar-refractivity contribution in [1.82, 2.24) is 0 Å². The zero-order chi connectivity index (χ0) is 14.5. The van der Waals surface area contributed by atoms with E-state index in [2.05, 4.69) is 5.32 Å². The molecule has 1 amide bonds. The van der Waals surface area contributed by atoms with Crippen LogP contribution in [0, 0.1) is 13.8 Å². The van der Waals surface area contributed by atoms with Gasteiger partial charge in [0.1, 0.15) is 5.75 Å². The van der Waals surface area contributed by atoms with Crippen LogP contribution in [-0.2, 0) is 4.79 Å². The molecule has 0 bridgehead atoms. The van der Waals surface area contributed by atoms with Crippen molar-refractivity contribution in [2.24, 2.45) is 0 Å². The minimum absolute atomic E-state index is 0.0273. The van der Waals surface area contributed by atoms with E-state index in [-0.39, 0.29) is 11.7 Å². The number of phenols is 1. The Kier molecular flexibility index (Phi) is 4.69. The van der Waals surface area contributed by atoms with Gasteiger partial charge in [0.05, 0.1) is 5.75 Å². The standard InChI is InChI=1S/C16H17NO2S/c1-11-4-3-5-12(2)16(11)17-15(19)10-20-14-8-6-13(18)7-9-14/h3-9,18H,10H2,1-2H3,(H,17,19). The minimum atomic E-state index is -0.0273. The van der Waals surface area contributed by atoms with E-state index in [1.165, 1.54) is 11.8 Å². The van der Waals surface area contributed by atoms with Crippen molar-refractivity contribution >= 4 is 23.4 Å². The second-order valence-electron chi connectivity index (χ2n) is 4.60. The fourth-order valence-corrected chi connectivity index (χ4v) is 2.58. The Balaban J connectivity index is 1.94. The van der Waals surface area contributed by atoms with Gasteiger partial charge in [-0.1, -0.05) is 18.2 Å². The molecule has 0 fully saturated rings. The van der Waals surface area contributed by atoms with E-state index >= 15 is 0 Å². The summed E-state index contributed by atoms with van der Waals surface area (Å²) < 4.78 is 0. The molecule has 2 N–H and O–H groups in total. The number of carbonyl (C=O) groups is 1. The van der Waals surface area contributed by atoms with E-state index in [4.69, 9.17) is 0 Å². The number of anilines is 1. The highest BCUT2D eigenvalue weighted by molar-refractivity contribution is 8.00. The molecule has 0 unspecified atom stereocenters. The van der Waals surface area contributed by atoms with Crippen molar-refractivity contribution in [2.45, 2.75) is 18.7 Å². The third-order valence-electron chi connectivity index (χ3n) is 2.95. The summed E-state index contributed by atoms with van der Waals surface area (Å²) in [4.78, 5) is 12.9. The maximum absolute atomic E-state index is 12.0. The summed E-state index contributed by atoms with van der Waals surface area (Å²) in [5.74, 6) is 0.549. The Bertz CT molecular complexity index is 588. The number of nitrogens with one attached hydrogen (secondary N) is 1. The number of thioether (sulfide) groups is 1. The van der Waals surface area contributed by atoms with Crippen LogP contribution >= 0.6 is 11.8 Å². The van der Waals surface area contributed by atoms with Crippen LogP contribution < -0.4 is 5.32 Å². The average Bonchev–Trinajstić information content (AvgIpc) is 2.42. The molecule has 0 radical (unpaired) electrons. The molecule has 4 heteroatoms. The van der Waals surface area contributed by atoms with Gasteiger partial charge in [0.25, 0.3) is 0 Å². The minimum Gasteiger partial charge on any atom is -0.508 e. The van der Waals surface area contributed by atoms with E-state index < -0.39 is 0 Å². The van der Waals surface area contributed by atoms with Gasteiger partial charge in [0, 0.05) is 10.6 Å². The van der Waals surface area contributed by atoms with Gasteiger partial charge in [-0.3, -0.25) is 4.79 Å². The zero-order valence-electron chi connectivity index (χ0n) is 11.5. The Morgan fingerprint density at radius 1 is 1.10 bits per heavy atom. The number of hydrogen-bond donors (Lipinski definition) is 2. The lowest BCUT2D eigenvalue weighted by atomic mass is 10.1. The largest absolute Gasteiger partial charge is 0.508 e. The molecule has 0 aliphatic carbocycles. The van der Waals surface area contributed by atoms with E-state index in [0.717, 1.165) is 21.7 Å². The highest BCUT2D eigenvalue weighted by atomic mass is 32.2. The highest BCUT2D eigenvalue weighted by Gasteiger charge is 2.07. The Labute approximate surface area is 123 Å². The number of benzene rings is 2. The van der Waals surface area contributed by atoms with Gasteiger partial charge in [-0.05, 0) is 49.2 Å². The molecule has 20 heavy (non-hydrogen) atoms. The number of aromatic hydroxyl groups is 1. The lowest BCUT2D eigenvalue weighted by molar-refractivity contribution is -0.113.